The van der Waals surface area contributed by atoms with Gasteiger partial charge < -0.3 is 0 Å². The summed E-state index contributed by atoms with van der Waals surface area (Å²) in [6, 6.07) is 5.77. The third-order valence-corrected chi connectivity index (χ3v) is 1.51. The smallest absolute Gasteiger partial charge is 0.0940 e. The zero-order valence-electron chi connectivity index (χ0n) is 6.27. The largest absolute Gasteiger partial charge is 0.255 e. The van der Waals surface area contributed by atoms with E-state index < -0.39 is 0 Å². The third kappa shape index (κ3) is 1.84. The maximum absolute atomic E-state index is 4.15. The topological polar surface area (TPSA) is 37.6 Å². The van der Waals surface area contributed by atoms with Crippen LogP contribution >= 0.6 is 0 Å². The molecule has 3 nitrogen and oxygen atoms in total. The summed E-state index contributed by atoms with van der Waals surface area (Å²) in [7, 11) is 0. The monoisotopic (exact) mass is 338 g/mol. The van der Waals surface area contributed by atoms with Crippen LogP contribution in [0.1, 0.15) is 12.1 Å². The summed E-state index contributed by atoms with van der Waals surface area (Å²) < 4.78 is 0. The molecule has 0 amide bonds. The Morgan fingerprint density at radius 1 is 1.25 bits per heavy atom. The number of aromatic nitrogens is 1. The second-order valence-corrected chi connectivity index (χ2v) is 2.26. The molecular formula is C8H7IrN3. The number of rotatable bonds is 1. The van der Waals surface area contributed by atoms with Crippen molar-refractivity contribution in [2.45, 2.75) is 6.42 Å². The Hall–Kier alpha value is -0.861. The zero-order valence-corrected chi connectivity index (χ0v) is 8.66. The van der Waals surface area contributed by atoms with Crippen LogP contribution in [0.3, 0.4) is 0 Å². The molecule has 4 heteroatoms. The third-order valence-electron chi connectivity index (χ3n) is 1.51. The Morgan fingerprint density at radius 2 is 2.17 bits per heavy atom. The van der Waals surface area contributed by atoms with Crippen molar-refractivity contribution in [2.24, 2.45) is 10.2 Å². The van der Waals surface area contributed by atoms with Gasteiger partial charge in [-0.25, -0.2) is 0 Å². The van der Waals surface area contributed by atoms with Crippen LogP contribution in [-0.4, -0.2) is 16.9 Å². The first-order valence-electron chi connectivity index (χ1n) is 3.46. The molecule has 2 heterocycles. The van der Waals surface area contributed by atoms with Gasteiger partial charge in [0.15, 0.2) is 0 Å². The van der Waals surface area contributed by atoms with E-state index in [2.05, 4.69) is 15.2 Å². The molecule has 0 aromatic carbocycles. The molecule has 0 bridgehead atoms. The van der Waals surface area contributed by atoms with Crippen LogP contribution in [0.25, 0.3) is 0 Å². The van der Waals surface area contributed by atoms with Gasteiger partial charge in [-0.1, -0.05) is 6.07 Å². The van der Waals surface area contributed by atoms with Crippen LogP contribution in [0, 0.1) is 0 Å². The molecule has 63 valence electrons. The van der Waals surface area contributed by atoms with Crippen LogP contribution < -0.4 is 0 Å². The van der Waals surface area contributed by atoms with Crippen LogP contribution in [0.4, 0.5) is 0 Å². The molecule has 1 aliphatic rings. The number of hydrogen-bond acceptors (Lipinski definition) is 3. The zero-order chi connectivity index (χ0) is 7.52. The molecule has 0 atom stereocenters. The van der Waals surface area contributed by atoms with Gasteiger partial charge in [-0.2, -0.15) is 10.2 Å². The van der Waals surface area contributed by atoms with E-state index >= 15 is 0 Å². The predicted molar refractivity (Wildman–Crippen MR) is 43.9 cm³/mol. The molecule has 0 aliphatic carbocycles. The van der Waals surface area contributed by atoms with Crippen molar-refractivity contribution in [3.63, 3.8) is 0 Å². The van der Waals surface area contributed by atoms with Crippen molar-refractivity contribution in [1.82, 2.24) is 4.98 Å². The van der Waals surface area contributed by atoms with Crippen LogP contribution in [0.2, 0.25) is 0 Å². The van der Waals surface area contributed by atoms with E-state index in [0.717, 1.165) is 17.8 Å². The van der Waals surface area contributed by atoms with Gasteiger partial charge in [0.05, 0.1) is 11.4 Å². The maximum atomic E-state index is 4.15. The van der Waals surface area contributed by atoms with Gasteiger partial charge in [0.25, 0.3) is 0 Å². The van der Waals surface area contributed by atoms with Gasteiger partial charge in [0, 0.05) is 38.9 Å². The molecule has 1 radical (unpaired) electrons. The van der Waals surface area contributed by atoms with E-state index in [1.807, 2.05) is 18.2 Å². The average Bonchev–Trinajstić information content (AvgIpc) is 2.58. The Labute approximate surface area is 84.0 Å². The summed E-state index contributed by atoms with van der Waals surface area (Å²) in [5, 5.41) is 7.69. The molecule has 0 unspecified atom stereocenters. The molecule has 0 saturated carbocycles. The Morgan fingerprint density at radius 3 is 2.75 bits per heavy atom. The minimum atomic E-state index is 0. The summed E-state index contributed by atoms with van der Waals surface area (Å²) in [5.41, 5.74) is 1.87. The van der Waals surface area contributed by atoms with Crippen LogP contribution in [0.15, 0.2) is 34.6 Å². The van der Waals surface area contributed by atoms with Crippen molar-refractivity contribution in [3.8, 4) is 0 Å². The van der Waals surface area contributed by atoms with E-state index in [-0.39, 0.29) is 20.1 Å². The fourth-order valence-corrected chi connectivity index (χ4v) is 0.968. The molecule has 0 spiro atoms. The van der Waals surface area contributed by atoms with Crippen molar-refractivity contribution >= 4 is 11.9 Å². The van der Waals surface area contributed by atoms with Crippen molar-refractivity contribution in [2.75, 3.05) is 0 Å². The van der Waals surface area contributed by atoms with E-state index in [1.54, 1.807) is 12.4 Å². The number of nitrogens with zero attached hydrogens (tertiary/aromatic N) is 3. The molecule has 0 N–H and O–H groups in total. The first kappa shape index (κ1) is 9.23. The first-order valence-corrected chi connectivity index (χ1v) is 3.46. The maximum Gasteiger partial charge on any atom is 0.0940 e. The van der Waals surface area contributed by atoms with Crippen molar-refractivity contribution < 1.29 is 20.1 Å². The van der Waals surface area contributed by atoms with E-state index in [0.29, 0.717) is 0 Å². The molecule has 12 heavy (non-hydrogen) atoms. The van der Waals surface area contributed by atoms with Gasteiger partial charge in [-0.3, -0.25) is 4.98 Å². The Kier molecular flexibility index (Phi) is 3.26. The molecular weight excluding hydrogens is 330 g/mol. The van der Waals surface area contributed by atoms with Gasteiger partial charge in [0.2, 0.25) is 0 Å². The van der Waals surface area contributed by atoms with Crippen LogP contribution in [0.5, 0.6) is 0 Å². The molecule has 1 aliphatic heterocycles. The molecule has 2 rings (SSSR count). The first-order chi connectivity index (χ1) is 5.47. The minimum absolute atomic E-state index is 0. The predicted octanol–water partition coefficient (Wildman–Crippen LogP) is 1.26. The Bertz CT molecular complexity index is 305. The summed E-state index contributed by atoms with van der Waals surface area (Å²) in [5.74, 6) is 0. The fourth-order valence-electron chi connectivity index (χ4n) is 0.968. The van der Waals surface area contributed by atoms with E-state index in [1.165, 1.54) is 0 Å². The number of pyridine rings is 1. The van der Waals surface area contributed by atoms with Gasteiger partial charge in [0.1, 0.15) is 0 Å². The molecule has 0 saturated heterocycles. The molecule has 1 aromatic heterocycles. The second kappa shape index (κ2) is 4.24. The van der Waals surface area contributed by atoms with Crippen molar-refractivity contribution in [1.29, 1.82) is 0 Å². The normalized spacial score (nSPS) is 13.8. The quantitative estimate of drug-likeness (QED) is 0.760. The average molecular weight is 337 g/mol. The summed E-state index contributed by atoms with van der Waals surface area (Å²) in [6.45, 7) is 0. The van der Waals surface area contributed by atoms with Gasteiger partial charge in [-0.15, -0.1) is 0 Å². The van der Waals surface area contributed by atoms with E-state index in [4.69, 9.17) is 0 Å². The van der Waals surface area contributed by atoms with Crippen LogP contribution in [-0.2, 0) is 20.1 Å². The molecule has 1 aromatic rings. The standard InChI is InChI=1S/C8H7N3.Ir/c1-2-5-9-7(3-1)8-4-6-10-11-8;/h1-3,5-6H,4H2;. The molecule has 0 fully saturated rings. The van der Waals surface area contributed by atoms with Gasteiger partial charge in [-0.05, 0) is 12.1 Å². The number of hydrogen-bond donors (Lipinski definition) is 0. The minimum Gasteiger partial charge on any atom is -0.255 e. The summed E-state index contributed by atoms with van der Waals surface area (Å²) in [6.07, 6.45) is 4.34. The summed E-state index contributed by atoms with van der Waals surface area (Å²) >= 11 is 0. The van der Waals surface area contributed by atoms with E-state index in [9.17, 15) is 0 Å². The Balaban J connectivity index is 0.000000720. The van der Waals surface area contributed by atoms with Gasteiger partial charge >= 0.3 is 0 Å². The summed E-state index contributed by atoms with van der Waals surface area (Å²) in [4.78, 5) is 4.15. The SMILES string of the molecule is C1=NN=C(c2ccccn2)C1.[Ir]. The fraction of sp³-hybridized carbons (Fsp3) is 0.125. The second-order valence-electron chi connectivity index (χ2n) is 2.26. The van der Waals surface area contributed by atoms with Crippen molar-refractivity contribution in [3.05, 3.63) is 30.1 Å².